The van der Waals surface area contributed by atoms with Crippen molar-refractivity contribution in [1.82, 2.24) is 15.1 Å². The van der Waals surface area contributed by atoms with Crippen LogP contribution in [0.3, 0.4) is 0 Å². The highest BCUT2D eigenvalue weighted by Gasteiger charge is 2.23. The van der Waals surface area contributed by atoms with Gasteiger partial charge in [0.25, 0.3) is 0 Å². The maximum atomic E-state index is 12.3. The quantitative estimate of drug-likeness (QED) is 0.811. The van der Waals surface area contributed by atoms with Gasteiger partial charge in [-0.1, -0.05) is 43.7 Å². The Bertz CT molecular complexity index is 610. The first-order valence-corrected chi connectivity index (χ1v) is 9.38. The van der Waals surface area contributed by atoms with Crippen molar-refractivity contribution in [2.45, 2.75) is 45.6 Å². The summed E-state index contributed by atoms with van der Waals surface area (Å²) in [7, 11) is 0. The Morgan fingerprint density at radius 3 is 2.19 bits per heavy atom. The summed E-state index contributed by atoms with van der Waals surface area (Å²) in [5.41, 5.74) is 1.09. The molecule has 1 fully saturated rings. The fourth-order valence-electron chi connectivity index (χ4n) is 3.21. The summed E-state index contributed by atoms with van der Waals surface area (Å²) in [6.07, 6.45) is 2.24. The van der Waals surface area contributed by atoms with Gasteiger partial charge in [-0.15, -0.1) is 0 Å². The van der Waals surface area contributed by atoms with Crippen LogP contribution in [0.15, 0.2) is 30.3 Å². The number of hydrogen-bond donors (Lipinski definition) is 1. The van der Waals surface area contributed by atoms with E-state index in [1.807, 2.05) is 30.3 Å². The Kier molecular flexibility index (Phi) is 7.63. The highest BCUT2D eigenvalue weighted by Crippen LogP contribution is 2.18. The minimum atomic E-state index is -0.0944. The van der Waals surface area contributed by atoms with Gasteiger partial charge in [0, 0.05) is 45.9 Å². The van der Waals surface area contributed by atoms with Gasteiger partial charge >= 0.3 is 0 Å². The van der Waals surface area contributed by atoms with Crippen LogP contribution in [0.1, 0.15) is 51.1 Å². The zero-order chi connectivity index (χ0) is 18.9. The summed E-state index contributed by atoms with van der Waals surface area (Å²) in [5.74, 6) is -0.0718. The molecule has 0 bridgehead atoms. The molecule has 1 aliphatic heterocycles. The van der Waals surface area contributed by atoms with E-state index in [4.69, 9.17) is 0 Å². The summed E-state index contributed by atoms with van der Waals surface area (Å²) < 4.78 is 0. The second kappa shape index (κ2) is 9.94. The molecule has 1 saturated heterocycles. The lowest BCUT2D eigenvalue weighted by Crippen LogP contribution is -2.50. The van der Waals surface area contributed by atoms with Gasteiger partial charge in [0.05, 0.1) is 6.04 Å². The van der Waals surface area contributed by atoms with Gasteiger partial charge in [0.1, 0.15) is 0 Å². The lowest BCUT2D eigenvalue weighted by atomic mass is 10.0. The predicted octanol–water partition coefficient (Wildman–Crippen LogP) is 2.11. The van der Waals surface area contributed by atoms with Gasteiger partial charge in [-0.05, 0) is 12.0 Å². The van der Waals surface area contributed by atoms with Crippen LogP contribution in [0.2, 0.25) is 0 Å². The van der Waals surface area contributed by atoms with E-state index in [-0.39, 0.29) is 36.6 Å². The fourth-order valence-corrected chi connectivity index (χ4v) is 3.21. The van der Waals surface area contributed by atoms with E-state index in [0.717, 1.165) is 18.4 Å². The molecule has 1 heterocycles. The molecule has 1 aromatic rings. The van der Waals surface area contributed by atoms with Crippen molar-refractivity contribution in [2.75, 3.05) is 26.2 Å². The molecule has 0 spiro atoms. The zero-order valence-corrected chi connectivity index (χ0v) is 15.7. The molecule has 0 unspecified atom stereocenters. The Labute approximate surface area is 155 Å². The Hall–Kier alpha value is -2.37. The van der Waals surface area contributed by atoms with E-state index in [1.165, 1.54) is 0 Å². The molecule has 2 rings (SSSR count). The summed E-state index contributed by atoms with van der Waals surface area (Å²) >= 11 is 0. The molecular weight excluding hydrogens is 330 g/mol. The van der Waals surface area contributed by atoms with Gasteiger partial charge in [-0.2, -0.15) is 0 Å². The van der Waals surface area contributed by atoms with Crippen molar-refractivity contribution in [3.8, 4) is 0 Å². The Morgan fingerprint density at radius 1 is 1.00 bits per heavy atom. The molecule has 1 atom stereocenters. The van der Waals surface area contributed by atoms with Crippen molar-refractivity contribution < 1.29 is 14.4 Å². The summed E-state index contributed by atoms with van der Waals surface area (Å²) in [6, 6.07) is 9.91. The van der Waals surface area contributed by atoms with Crippen LogP contribution < -0.4 is 5.32 Å². The number of amides is 3. The first kappa shape index (κ1) is 19.9. The first-order valence-electron chi connectivity index (χ1n) is 9.38. The van der Waals surface area contributed by atoms with Gasteiger partial charge in [-0.3, -0.25) is 14.4 Å². The van der Waals surface area contributed by atoms with Crippen molar-refractivity contribution in [2.24, 2.45) is 0 Å². The van der Waals surface area contributed by atoms with E-state index in [1.54, 1.807) is 16.7 Å². The molecule has 3 amide bonds. The average Bonchev–Trinajstić information content (AvgIpc) is 2.66. The first-order chi connectivity index (χ1) is 12.5. The summed E-state index contributed by atoms with van der Waals surface area (Å²) in [4.78, 5) is 39.4. The zero-order valence-electron chi connectivity index (χ0n) is 15.7. The van der Waals surface area contributed by atoms with Crippen LogP contribution in [0, 0.1) is 0 Å². The number of nitrogens with zero attached hydrogens (tertiary/aromatic N) is 2. The molecule has 26 heavy (non-hydrogen) atoms. The van der Waals surface area contributed by atoms with E-state index >= 15 is 0 Å². The maximum absolute atomic E-state index is 12.3. The van der Waals surface area contributed by atoms with Gasteiger partial charge < -0.3 is 15.1 Å². The molecule has 0 radical (unpaired) electrons. The number of hydrogen-bond acceptors (Lipinski definition) is 3. The third kappa shape index (κ3) is 5.86. The number of rotatable bonds is 7. The van der Waals surface area contributed by atoms with E-state index in [0.29, 0.717) is 26.2 Å². The Balaban J connectivity index is 1.78. The highest BCUT2D eigenvalue weighted by atomic mass is 16.2. The van der Waals surface area contributed by atoms with Crippen molar-refractivity contribution in [3.63, 3.8) is 0 Å². The molecule has 0 aromatic heterocycles. The van der Waals surface area contributed by atoms with Crippen LogP contribution in [0.25, 0.3) is 0 Å². The van der Waals surface area contributed by atoms with Gasteiger partial charge in [-0.25, -0.2) is 0 Å². The maximum Gasteiger partial charge on any atom is 0.223 e. The van der Waals surface area contributed by atoms with Crippen LogP contribution in [-0.2, 0) is 14.4 Å². The summed E-state index contributed by atoms with van der Waals surface area (Å²) in [5, 5.41) is 3.05. The van der Waals surface area contributed by atoms with E-state index in [2.05, 4.69) is 12.2 Å². The monoisotopic (exact) mass is 359 g/mol. The number of benzene rings is 1. The third-order valence-corrected chi connectivity index (χ3v) is 4.76. The van der Waals surface area contributed by atoms with E-state index in [9.17, 15) is 14.4 Å². The standard InChI is InChI=1S/C20H29N3O3/c1-3-7-18(17-8-5-4-6-9-17)21-19(25)10-11-20(26)23-14-12-22(13-15-23)16(2)24/h4-6,8-9,18H,3,7,10-15H2,1-2H3,(H,21,25)/t18-/m0/s1. The predicted molar refractivity (Wildman–Crippen MR) is 100 cm³/mol. The molecule has 1 aliphatic rings. The topological polar surface area (TPSA) is 69.7 Å². The van der Waals surface area contributed by atoms with Gasteiger partial charge in [0.2, 0.25) is 17.7 Å². The molecule has 0 aliphatic carbocycles. The largest absolute Gasteiger partial charge is 0.349 e. The molecule has 6 heteroatoms. The second-order valence-corrected chi connectivity index (χ2v) is 6.71. The molecule has 1 N–H and O–H groups in total. The van der Waals surface area contributed by atoms with Crippen molar-refractivity contribution >= 4 is 17.7 Å². The fraction of sp³-hybridized carbons (Fsp3) is 0.550. The lowest BCUT2D eigenvalue weighted by molar-refractivity contribution is -0.139. The molecule has 1 aromatic carbocycles. The molecule has 6 nitrogen and oxygen atoms in total. The van der Waals surface area contributed by atoms with Gasteiger partial charge in [0.15, 0.2) is 0 Å². The smallest absolute Gasteiger partial charge is 0.223 e. The third-order valence-electron chi connectivity index (χ3n) is 4.76. The number of carbonyl (C=O) groups excluding carboxylic acids is 3. The number of nitrogens with one attached hydrogen (secondary N) is 1. The second-order valence-electron chi connectivity index (χ2n) is 6.71. The minimum Gasteiger partial charge on any atom is -0.349 e. The number of carbonyl (C=O) groups is 3. The van der Waals surface area contributed by atoms with Crippen LogP contribution in [0.5, 0.6) is 0 Å². The van der Waals surface area contributed by atoms with Crippen LogP contribution >= 0.6 is 0 Å². The van der Waals surface area contributed by atoms with Crippen molar-refractivity contribution in [3.05, 3.63) is 35.9 Å². The lowest BCUT2D eigenvalue weighted by Gasteiger charge is -2.34. The normalized spacial score (nSPS) is 15.5. The molecule has 142 valence electrons. The van der Waals surface area contributed by atoms with Crippen LogP contribution in [0.4, 0.5) is 0 Å². The number of piperazine rings is 1. The Morgan fingerprint density at radius 2 is 1.62 bits per heavy atom. The average molecular weight is 359 g/mol. The highest BCUT2D eigenvalue weighted by molar-refractivity contribution is 5.84. The SMILES string of the molecule is CCC[C@H](NC(=O)CCC(=O)N1CCN(C(C)=O)CC1)c1ccccc1. The molecular formula is C20H29N3O3. The molecule has 0 saturated carbocycles. The summed E-state index contributed by atoms with van der Waals surface area (Å²) in [6.45, 7) is 5.86. The van der Waals surface area contributed by atoms with E-state index < -0.39 is 0 Å². The van der Waals surface area contributed by atoms with Crippen LogP contribution in [-0.4, -0.2) is 53.7 Å². The minimum absolute atomic E-state index is 0.0112. The van der Waals surface area contributed by atoms with Crippen molar-refractivity contribution in [1.29, 1.82) is 0 Å².